The molecule has 0 atom stereocenters. The molecule has 100 valence electrons. The van der Waals surface area contributed by atoms with E-state index in [1.165, 1.54) is 0 Å². The highest BCUT2D eigenvalue weighted by Crippen LogP contribution is 2.21. The maximum absolute atomic E-state index is 12.1. The van der Waals surface area contributed by atoms with Crippen LogP contribution in [0.1, 0.15) is 27.4 Å². The number of carbonyl (C=O) groups excluding carboxylic acids is 1. The Hall–Kier alpha value is -1.33. The van der Waals surface area contributed by atoms with Gasteiger partial charge in [-0.1, -0.05) is 16.8 Å². The molecule has 0 unspecified atom stereocenters. The molecule has 2 rings (SSSR count). The quantitative estimate of drug-likeness (QED) is 0.925. The third kappa shape index (κ3) is 3.16. The first-order valence-electron chi connectivity index (χ1n) is 5.64. The van der Waals surface area contributed by atoms with Gasteiger partial charge in [0, 0.05) is 21.6 Å². The molecule has 0 aliphatic rings. The van der Waals surface area contributed by atoms with E-state index in [1.54, 1.807) is 18.2 Å². The van der Waals surface area contributed by atoms with Crippen LogP contribution >= 0.6 is 27.5 Å². The Labute approximate surface area is 124 Å². The van der Waals surface area contributed by atoms with Gasteiger partial charge in [-0.05, 0) is 48.0 Å². The predicted octanol–water partition coefficient (Wildman–Crippen LogP) is 3.64. The lowest BCUT2D eigenvalue weighted by atomic mass is 10.2. The third-order valence-corrected chi connectivity index (χ3v) is 3.67. The molecule has 6 heteroatoms. The van der Waals surface area contributed by atoms with E-state index in [0.717, 1.165) is 11.3 Å². The number of hydrogen-bond donors (Lipinski definition) is 1. The lowest BCUT2D eigenvalue weighted by molar-refractivity contribution is 0.0950. The molecule has 0 radical (unpaired) electrons. The summed E-state index contributed by atoms with van der Waals surface area (Å²) >= 11 is 9.16. The lowest BCUT2D eigenvalue weighted by Gasteiger charge is -2.07. The summed E-state index contributed by atoms with van der Waals surface area (Å²) in [5, 5.41) is 7.25. The Balaban J connectivity index is 2.10. The molecule has 1 aromatic heterocycles. The molecule has 0 saturated heterocycles. The van der Waals surface area contributed by atoms with Crippen molar-refractivity contribution >= 4 is 33.4 Å². The van der Waals surface area contributed by atoms with E-state index in [-0.39, 0.29) is 5.91 Å². The molecular formula is C13H12BrClN2O2. The van der Waals surface area contributed by atoms with Crippen molar-refractivity contribution in [3.05, 3.63) is 50.3 Å². The van der Waals surface area contributed by atoms with E-state index >= 15 is 0 Å². The van der Waals surface area contributed by atoms with Gasteiger partial charge in [0.2, 0.25) is 0 Å². The van der Waals surface area contributed by atoms with E-state index < -0.39 is 0 Å². The predicted molar refractivity (Wildman–Crippen MR) is 76.3 cm³/mol. The Bertz CT molecular complexity index is 606. The van der Waals surface area contributed by atoms with Crippen LogP contribution in [-0.2, 0) is 6.54 Å². The number of hydrogen-bond acceptors (Lipinski definition) is 3. The monoisotopic (exact) mass is 342 g/mol. The molecule has 2 aromatic rings. The molecule has 1 N–H and O–H groups in total. The standard InChI is InChI=1S/C13H12BrClN2O2/c1-7-11(8(2)19-17-7)6-16-13(18)10-4-3-9(15)5-12(10)14/h3-5H,6H2,1-2H3,(H,16,18). The minimum atomic E-state index is -0.177. The number of nitrogens with zero attached hydrogens (tertiary/aromatic N) is 1. The maximum Gasteiger partial charge on any atom is 0.252 e. The Morgan fingerprint density at radius 1 is 1.47 bits per heavy atom. The van der Waals surface area contributed by atoms with E-state index in [4.69, 9.17) is 16.1 Å². The van der Waals surface area contributed by atoms with Gasteiger partial charge in [0.15, 0.2) is 0 Å². The zero-order valence-corrected chi connectivity index (χ0v) is 12.8. The molecule has 1 amide bonds. The second-order valence-electron chi connectivity index (χ2n) is 4.11. The molecule has 0 saturated carbocycles. The number of halogens is 2. The van der Waals surface area contributed by atoms with Crippen molar-refractivity contribution < 1.29 is 9.32 Å². The normalized spacial score (nSPS) is 10.5. The van der Waals surface area contributed by atoms with Crippen molar-refractivity contribution in [2.75, 3.05) is 0 Å². The minimum absolute atomic E-state index is 0.177. The lowest BCUT2D eigenvalue weighted by Crippen LogP contribution is -2.23. The zero-order valence-electron chi connectivity index (χ0n) is 10.5. The van der Waals surface area contributed by atoms with Crippen LogP contribution in [-0.4, -0.2) is 11.1 Å². The van der Waals surface area contributed by atoms with Crippen LogP contribution in [0.3, 0.4) is 0 Å². The summed E-state index contributed by atoms with van der Waals surface area (Å²) in [5.74, 6) is 0.538. The topological polar surface area (TPSA) is 55.1 Å². The molecular weight excluding hydrogens is 332 g/mol. The first-order valence-corrected chi connectivity index (χ1v) is 6.81. The third-order valence-electron chi connectivity index (χ3n) is 2.78. The molecule has 1 heterocycles. The van der Waals surface area contributed by atoms with E-state index in [2.05, 4.69) is 26.4 Å². The van der Waals surface area contributed by atoms with Gasteiger partial charge >= 0.3 is 0 Å². The molecule has 0 spiro atoms. The van der Waals surface area contributed by atoms with Crippen LogP contribution < -0.4 is 5.32 Å². The fourth-order valence-corrected chi connectivity index (χ4v) is 2.55. The van der Waals surface area contributed by atoms with Crippen molar-refractivity contribution in [1.82, 2.24) is 10.5 Å². The fraction of sp³-hybridized carbons (Fsp3) is 0.231. The van der Waals surface area contributed by atoms with Crippen LogP contribution in [0, 0.1) is 13.8 Å². The summed E-state index contributed by atoms with van der Waals surface area (Å²) in [6, 6.07) is 5.04. The van der Waals surface area contributed by atoms with Gasteiger partial charge in [-0.15, -0.1) is 0 Å². The van der Waals surface area contributed by atoms with Crippen LogP contribution in [0.4, 0.5) is 0 Å². The summed E-state index contributed by atoms with van der Waals surface area (Å²) < 4.78 is 5.71. The van der Waals surface area contributed by atoms with E-state index in [9.17, 15) is 4.79 Å². The number of aryl methyl sites for hydroxylation is 2. The summed E-state index contributed by atoms with van der Waals surface area (Å²) in [6.45, 7) is 4.05. The van der Waals surface area contributed by atoms with Gasteiger partial charge in [-0.25, -0.2) is 0 Å². The van der Waals surface area contributed by atoms with Gasteiger partial charge in [-0.3, -0.25) is 4.79 Å². The number of nitrogens with one attached hydrogen (secondary N) is 1. The van der Waals surface area contributed by atoms with Crippen molar-refractivity contribution in [1.29, 1.82) is 0 Å². The fourth-order valence-electron chi connectivity index (χ4n) is 1.69. The second-order valence-corrected chi connectivity index (χ2v) is 5.40. The molecule has 0 aliphatic heterocycles. The number of aromatic nitrogens is 1. The molecule has 0 aliphatic carbocycles. The van der Waals surface area contributed by atoms with Gasteiger partial charge in [0.05, 0.1) is 11.3 Å². The Morgan fingerprint density at radius 3 is 2.79 bits per heavy atom. The molecule has 1 aromatic carbocycles. The summed E-state index contributed by atoms with van der Waals surface area (Å²) in [7, 11) is 0. The van der Waals surface area contributed by atoms with Gasteiger partial charge in [-0.2, -0.15) is 0 Å². The van der Waals surface area contributed by atoms with Crippen molar-refractivity contribution in [2.24, 2.45) is 0 Å². The van der Waals surface area contributed by atoms with Gasteiger partial charge in [0.1, 0.15) is 5.76 Å². The number of benzene rings is 1. The van der Waals surface area contributed by atoms with Crippen molar-refractivity contribution in [3.8, 4) is 0 Å². The number of amides is 1. The van der Waals surface area contributed by atoms with Crippen LogP contribution in [0.25, 0.3) is 0 Å². The Kier molecular flexibility index (Phi) is 4.27. The first-order chi connectivity index (χ1) is 8.99. The highest BCUT2D eigenvalue weighted by atomic mass is 79.9. The van der Waals surface area contributed by atoms with Gasteiger partial charge in [0.25, 0.3) is 5.91 Å². The summed E-state index contributed by atoms with van der Waals surface area (Å²) in [4.78, 5) is 12.1. The average molecular weight is 344 g/mol. The average Bonchev–Trinajstić information content (AvgIpc) is 2.66. The SMILES string of the molecule is Cc1noc(C)c1CNC(=O)c1ccc(Cl)cc1Br. The highest BCUT2D eigenvalue weighted by Gasteiger charge is 2.13. The first kappa shape index (κ1) is 14.1. The number of carbonyl (C=O) groups is 1. The second kappa shape index (κ2) is 5.75. The zero-order chi connectivity index (χ0) is 14.0. The van der Waals surface area contributed by atoms with Crippen molar-refractivity contribution in [2.45, 2.75) is 20.4 Å². The largest absolute Gasteiger partial charge is 0.361 e. The molecule has 4 nitrogen and oxygen atoms in total. The molecule has 0 fully saturated rings. The smallest absolute Gasteiger partial charge is 0.252 e. The highest BCUT2D eigenvalue weighted by molar-refractivity contribution is 9.10. The molecule has 19 heavy (non-hydrogen) atoms. The maximum atomic E-state index is 12.1. The molecule has 0 bridgehead atoms. The van der Waals surface area contributed by atoms with Crippen LogP contribution in [0.15, 0.2) is 27.2 Å². The van der Waals surface area contributed by atoms with Gasteiger partial charge < -0.3 is 9.84 Å². The van der Waals surface area contributed by atoms with E-state index in [1.807, 2.05) is 13.8 Å². The van der Waals surface area contributed by atoms with Crippen molar-refractivity contribution in [3.63, 3.8) is 0 Å². The summed E-state index contributed by atoms with van der Waals surface area (Å²) in [6.07, 6.45) is 0. The minimum Gasteiger partial charge on any atom is -0.361 e. The number of rotatable bonds is 3. The van der Waals surface area contributed by atoms with Crippen LogP contribution in [0.5, 0.6) is 0 Å². The van der Waals surface area contributed by atoms with Crippen LogP contribution in [0.2, 0.25) is 5.02 Å². The van der Waals surface area contributed by atoms with E-state index in [0.29, 0.717) is 27.4 Å². The Morgan fingerprint density at radius 2 is 2.21 bits per heavy atom. The summed E-state index contributed by atoms with van der Waals surface area (Å²) in [5.41, 5.74) is 2.22.